The van der Waals surface area contributed by atoms with Gasteiger partial charge in [0.1, 0.15) is 0 Å². The lowest BCUT2D eigenvalue weighted by Gasteiger charge is -2.20. The van der Waals surface area contributed by atoms with Crippen molar-refractivity contribution < 1.29 is 14.3 Å². The molecule has 1 N–H and O–H groups in total. The van der Waals surface area contributed by atoms with Crippen LogP contribution >= 0.6 is 22.6 Å². The van der Waals surface area contributed by atoms with Crippen molar-refractivity contribution in [2.75, 3.05) is 11.9 Å². The molecule has 118 valence electrons. The first-order valence-electron chi connectivity index (χ1n) is 7.81. The molecular formula is C17H20INO3. The van der Waals surface area contributed by atoms with Crippen LogP contribution in [0.4, 0.5) is 5.69 Å². The van der Waals surface area contributed by atoms with Crippen LogP contribution in [0, 0.1) is 21.3 Å². The van der Waals surface area contributed by atoms with E-state index in [4.69, 9.17) is 4.74 Å². The Balaban J connectivity index is 1.39. The summed E-state index contributed by atoms with van der Waals surface area (Å²) < 4.78 is 6.22. The van der Waals surface area contributed by atoms with Crippen molar-refractivity contribution in [3.63, 3.8) is 0 Å². The average Bonchev–Trinajstić information content (AvgIpc) is 3.10. The third kappa shape index (κ3) is 4.00. The van der Waals surface area contributed by atoms with Crippen LogP contribution in [0.3, 0.4) is 0 Å². The zero-order chi connectivity index (χ0) is 15.5. The molecule has 1 aromatic rings. The highest BCUT2D eigenvalue weighted by molar-refractivity contribution is 14.1. The predicted molar refractivity (Wildman–Crippen MR) is 92.3 cm³/mol. The van der Waals surface area contributed by atoms with Crippen LogP contribution in [-0.2, 0) is 14.3 Å². The van der Waals surface area contributed by atoms with E-state index >= 15 is 0 Å². The number of carbonyl (C=O) groups is 2. The van der Waals surface area contributed by atoms with E-state index in [2.05, 4.69) is 27.9 Å². The maximum Gasteiger partial charge on any atom is 0.306 e. The lowest BCUT2D eigenvalue weighted by molar-refractivity contribution is -0.148. The Kier molecular flexibility index (Phi) is 5.00. The zero-order valence-corrected chi connectivity index (χ0v) is 14.5. The Morgan fingerprint density at radius 3 is 2.59 bits per heavy atom. The molecule has 0 saturated heterocycles. The van der Waals surface area contributed by atoms with E-state index in [1.54, 1.807) is 0 Å². The Morgan fingerprint density at radius 2 is 1.95 bits per heavy atom. The number of nitrogens with one attached hydrogen (secondary N) is 1. The van der Waals surface area contributed by atoms with Crippen LogP contribution in [0.25, 0.3) is 0 Å². The number of carbonyl (C=O) groups excluding carboxylic acids is 2. The fraction of sp³-hybridized carbons (Fsp3) is 0.529. The van der Waals surface area contributed by atoms with Gasteiger partial charge in [-0.3, -0.25) is 9.59 Å². The van der Waals surface area contributed by atoms with Gasteiger partial charge in [-0.2, -0.15) is 0 Å². The van der Waals surface area contributed by atoms with Gasteiger partial charge in [-0.05, 0) is 83.9 Å². The molecule has 2 bridgehead atoms. The molecule has 2 fully saturated rings. The molecule has 5 heteroatoms. The van der Waals surface area contributed by atoms with E-state index in [1.807, 2.05) is 24.3 Å². The van der Waals surface area contributed by atoms with Gasteiger partial charge in [-0.15, -0.1) is 0 Å². The molecule has 2 saturated carbocycles. The fourth-order valence-electron chi connectivity index (χ4n) is 3.78. The Morgan fingerprint density at radius 1 is 1.18 bits per heavy atom. The maximum atomic E-state index is 11.9. The predicted octanol–water partition coefficient (Wildman–Crippen LogP) is 3.60. The normalized spacial score (nSPS) is 26.0. The van der Waals surface area contributed by atoms with Crippen molar-refractivity contribution in [1.29, 1.82) is 0 Å². The van der Waals surface area contributed by atoms with E-state index in [9.17, 15) is 9.59 Å². The Hall–Kier alpha value is -1.11. The summed E-state index contributed by atoms with van der Waals surface area (Å²) in [5, 5.41) is 2.73. The number of fused-ring (bicyclic) bond motifs is 2. The Labute approximate surface area is 144 Å². The molecule has 0 unspecified atom stereocenters. The first-order valence-corrected chi connectivity index (χ1v) is 8.89. The number of amides is 1. The monoisotopic (exact) mass is 413 g/mol. The summed E-state index contributed by atoms with van der Waals surface area (Å²) in [4.78, 5) is 23.7. The summed E-state index contributed by atoms with van der Waals surface area (Å²) >= 11 is 2.20. The van der Waals surface area contributed by atoms with Crippen LogP contribution in [0.5, 0.6) is 0 Å². The lowest BCUT2D eigenvalue weighted by Crippen LogP contribution is -2.23. The molecular weight excluding hydrogens is 393 g/mol. The van der Waals surface area contributed by atoms with Crippen LogP contribution in [0.2, 0.25) is 0 Å². The van der Waals surface area contributed by atoms with Crippen molar-refractivity contribution in [2.45, 2.75) is 32.1 Å². The van der Waals surface area contributed by atoms with Gasteiger partial charge in [0.25, 0.3) is 5.91 Å². The van der Waals surface area contributed by atoms with Crippen LogP contribution < -0.4 is 5.32 Å². The number of rotatable bonds is 5. The second-order valence-corrected chi connectivity index (χ2v) is 7.60. The van der Waals surface area contributed by atoms with E-state index in [1.165, 1.54) is 19.3 Å². The van der Waals surface area contributed by atoms with E-state index < -0.39 is 0 Å². The first-order chi connectivity index (χ1) is 10.6. The van der Waals surface area contributed by atoms with Crippen molar-refractivity contribution in [3.8, 4) is 0 Å². The number of hydrogen-bond acceptors (Lipinski definition) is 3. The van der Waals surface area contributed by atoms with Gasteiger partial charge < -0.3 is 10.1 Å². The minimum absolute atomic E-state index is 0.203. The van der Waals surface area contributed by atoms with Crippen molar-refractivity contribution in [1.82, 2.24) is 0 Å². The maximum absolute atomic E-state index is 11.9. The van der Waals surface area contributed by atoms with Crippen LogP contribution in [0.1, 0.15) is 32.1 Å². The fourth-order valence-corrected chi connectivity index (χ4v) is 4.14. The smallest absolute Gasteiger partial charge is 0.306 e. The van der Waals surface area contributed by atoms with Gasteiger partial charge in [0.15, 0.2) is 6.61 Å². The number of benzene rings is 1. The minimum atomic E-state index is -0.289. The van der Waals surface area contributed by atoms with Crippen molar-refractivity contribution in [3.05, 3.63) is 27.8 Å². The molecule has 1 aromatic carbocycles. The summed E-state index contributed by atoms with van der Waals surface area (Å²) in [6.07, 6.45) is 5.50. The summed E-state index contributed by atoms with van der Waals surface area (Å²) in [7, 11) is 0. The largest absolute Gasteiger partial charge is 0.456 e. The molecule has 0 aliphatic heterocycles. The van der Waals surface area contributed by atoms with Gasteiger partial charge in [0, 0.05) is 15.7 Å². The number of anilines is 1. The number of esters is 1. The molecule has 0 aromatic heterocycles. The number of ether oxygens (including phenoxy) is 1. The van der Waals surface area contributed by atoms with E-state index in [-0.39, 0.29) is 18.5 Å². The zero-order valence-electron chi connectivity index (χ0n) is 12.4. The van der Waals surface area contributed by atoms with E-state index in [0.29, 0.717) is 18.3 Å². The minimum Gasteiger partial charge on any atom is -0.456 e. The molecule has 3 rings (SSSR count). The summed E-state index contributed by atoms with van der Waals surface area (Å²) in [5.74, 6) is 1.48. The molecule has 0 spiro atoms. The van der Waals surface area contributed by atoms with Crippen LogP contribution in [-0.4, -0.2) is 18.5 Å². The molecule has 1 amide bonds. The molecule has 2 aliphatic carbocycles. The van der Waals surface area contributed by atoms with Gasteiger partial charge >= 0.3 is 5.97 Å². The summed E-state index contributed by atoms with van der Waals surface area (Å²) in [5.41, 5.74) is 0.717. The van der Waals surface area contributed by atoms with Crippen molar-refractivity contribution in [2.24, 2.45) is 17.8 Å². The summed E-state index contributed by atoms with van der Waals surface area (Å²) in [6, 6.07) is 7.49. The van der Waals surface area contributed by atoms with Gasteiger partial charge in [0.05, 0.1) is 0 Å². The van der Waals surface area contributed by atoms with Gasteiger partial charge in [-0.1, -0.05) is 6.42 Å². The molecule has 3 atom stereocenters. The molecule has 0 radical (unpaired) electrons. The molecule has 22 heavy (non-hydrogen) atoms. The topological polar surface area (TPSA) is 55.4 Å². The second-order valence-electron chi connectivity index (χ2n) is 6.35. The van der Waals surface area contributed by atoms with Gasteiger partial charge in [-0.25, -0.2) is 0 Å². The highest BCUT2D eigenvalue weighted by atomic mass is 127. The summed E-state index contributed by atoms with van der Waals surface area (Å²) in [6.45, 7) is -0.203. The molecule has 0 heterocycles. The number of halogens is 1. The standard InChI is InChI=1S/C17H20INO3/c18-14-3-5-15(6-4-14)19-16(20)10-22-17(21)9-13-8-11-1-2-12(13)7-11/h3-6,11-13H,1-2,7-10H2,(H,19,20)/t11-,12-,13-/m0/s1. The SMILES string of the molecule is O=C(COC(=O)C[C@@H]1C[C@H]2CC[C@H]1C2)Nc1ccc(I)cc1. The number of hydrogen-bond donors (Lipinski definition) is 1. The second kappa shape index (κ2) is 6.98. The van der Waals surface area contributed by atoms with Crippen LogP contribution in [0.15, 0.2) is 24.3 Å². The molecule has 2 aliphatic rings. The first kappa shape index (κ1) is 15.8. The third-order valence-electron chi connectivity index (χ3n) is 4.81. The van der Waals surface area contributed by atoms with Gasteiger partial charge in [0.2, 0.25) is 0 Å². The quantitative estimate of drug-likeness (QED) is 0.593. The lowest BCUT2D eigenvalue weighted by atomic mass is 9.86. The highest BCUT2D eigenvalue weighted by Gasteiger charge is 2.40. The van der Waals surface area contributed by atoms with E-state index in [0.717, 1.165) is 21.6 Å². The third-order valence-corrected chi connectivity index (χ3v) is 5.52. The van der Waals surface area contributed by atoms with Crippen molar-refractivity contribution >= 4 is 40.2 Å². The average molecular weight is 413 g/mol. The highest BCUT2D eigenvalue weighted by Crippen LogP contribution is 2.49. The molecule has 4 nitrogen and oxygen atoms in total. The Bertz CT molecular complexity index is 558.